The number of hydrogen-bond donors (Lipinski definition) is 1. The fourth-order valence-electron chi connectivity index (χ4n) is 2.98. The summed E-state index contributed by atoms with van der Waals surface area (Å²) in [5.41, 5.74) is 7.73. The van der Waals surface area contributed by atoms with E-state index in [1.54, 1.807) is 24.3 Å². The zero-order valence-corrected chi connectivity index (χ0v) is 13.2. The van der Waals surface area contributed by atoms with Gasteiger partial charge in [-0.1, -0.05) is 18.2 Å². The summed E-state index contributed by atoms with van der Waals surface area (Å²) in [6, 6.07) is 10.5. The summed E-state index contributed by atoms with van der Waals surface area (Å²) in [6.45, 7) is 3.85. The second-order valence-corrected chi connectivity index (χ2v) is 5.89. The van der Waals surface area contributed by atoms with Crippen LogP contribution in [-0.4, -0.2) is 42.7 Å². The first-order chi connectivity index (χ1) is 11.1. The highest BCUT2D eigenvalue weighted by atomic mass is 19.1. The number of benzene rings is 1. The van der Waals surface area contributed by atoms with Gasteiger partial charge in [-0.3, -0.25) is 0 Å². The van der Waals surface area contributed by atoms with E-state index in [-0.39, 0.29) is 5.82 Å². The lowest BCUT2D eigenvalue weighted by molar-refractivity contribution is 0.311. The Hall–Kier alpha value is -2.52. The smallest absolute Gasteiger partial charge is 0.133 e. The van der Waals surface area contributed by atoms with E-state index in [4.69, 9.17) is 5.73 Å². The maximum Gasteiger partial charge on any atom is 0.133 e. The number of piperazine rings is 1. The van der Waals surface area contributed by atoms with E-state index in [1.807, 2.05) is 4.57 Å². The van der Waals surface area contributed by atoms with Gasteiger partial charge >= 0.3 is 0 Å². The third kappa shape index (κ3) is 3.01. The maximum absolute atomic E-state index is 14.0. The van der Waals surface area contributed by atoms with Crippen LogP contribution < -0.4 is 10.6 Å². The first-order valence-electron chi connectivity index (χ1n) is 7.66. The van der Waals surface area contributed by atoms with Crippen LogP contribution in [0.4, 0.5) is 15.9 Å². The van der Waals surface area contributed by atoms with Crippen LogP contribution in [-0.2, 0) is 6.54 Å². The number of halogens is 1. The largest absolute Gasteiger partial charge is 0.396 e. The van der Waals surface area contributed by atoms with Crippen molar-refractivity contribution in [3.63, 3.8) is 0 Å². The van der Waals surface area contributed by atoms with E-state index < -0.39 is 0 Å². The van der Waals surface area contributed by atoms with Crippen molar-refractivity contribution in [1.82, 2.24) is 9.47 Å². The van der Waals surface area contributed by atoms with Crippen LogP contribution in [0.15, 0.2) is 30.3 Å². The highest BCUT2D eigenvalue weighted by Gasteiger charge is 2.23. The molecule has 120 valence electrons. The average Bonchev–Trinajstić information content (AvgIpc) is 2.86. The second-order valence-electron chi connectivity index (χ2n) is 5.89. The van der Waals surface area contributed by atoms with Gasteiger partial charge in [-0.05, 0) is 19.2 Å². The second kappa shape index (κ2) is 6.31. The number of nitrogen functional groups attached to an aromatic ring is 1. The summed E-state index contributed by atoms with van der Waals surface area (Å²) in [7, 11) is 2.08. The number of rotatable bonds is 3. The third-order valence-corrected chi connectivity index (χ3v) is 4.30. The molecule has 0 spiro atoms. The lowest BCUT2D eigenvalue weighted by atomic mass is 10.2. The molecule has 0 atom stereocenters. The van der Waals surface area contributed by atoms with Gasteiger partial charge in [0, 0.05) is 31.7 Å². The quantitative estimate of drug-likeness (QED) is 0.940. The van der Waals surface area contributed by atoms with Crippen molar-refractivity contribution in [3.8, 4) is 6.07 Å². The van der Waals surface area contributed by atoms with Crippen molar-refractivity contribution in [2.24, 2.45) is 0 Å². The molecule has 1 aromatic carbocycles. The number of nitriles is 1. The van der Waals surface area contributed by atoms with Gasteiger partial charge in [0.1, 0.15) is 23.4 Å². The highest BCUT2D eigenvalue weighted by molar-refractivity contribution is 5.68. The van der Waals surface area contributed by atoms with Crippen molar-refractivity contribution >= 4 is 11.5 Å². The molecule has 0 saturated carbocycles. The van der Waals surface area contributed by atoms with Crippen LogP contribution in [0.2, 0.25) is 0 Å². The summed E-state index contributed by atoms with van der Waals surface area (Å²) < 4.78 is 15.8. The molecule has 6 heteroatoms. The van der Waals surface area contributed by atoms with Crippen molar-refractivity contribution in [1.29, 1.82) is 5.26 Å². The molecule has 5 nitrogen and oxygen atoms in total. The fraction of sp³-hybridized carbons (Fsp3) is 0.353. The van der Waals surface area contributed by atoms with E-state index in [0.717, 1.165) is 32.0 Å². The summed E-state index contributed by atoms with van der Waals surface area (Å²) in [6.07, 6.45) is 0. The van der Waals surface area contributed by atoms with Gasteiger partial charge in [0.2, 0.25) is 0 Å². The number of nitrogens with zero attached hydrogens (tertiary/aromatic N) is 4. The molecule has 3 rings (SSSR count). The van der Waals surface area contributed by atoms with Gasteiger partial charge in [0.05, 0.1) is 12.2 Å². The predicted molar refractivity (Wildman–Crippen MR) is 88.8 cm³/mol. The fourth-order valence-corrected chi connectivity index (χ4v) is 2.98. The Labute approximate surface area is 135 Å². The Morgan fingerprint density at radius 1 is 1.22 bits per heavy atom. The molecule has 1 saturated heterocycles. The Kier molecular flexibility index (Phi) is 4.22. The lowest BCUT2D eigenvalue weighted by Gasteiger charge is -2.35. The zero-order chi connectivity index (χ0) is 16.4. The monoisotopic (exact) mass is 313 g/mol. The van der Waals surface area contributed by atoms with E-state index in [1.165, 1.54) is 6.07 Å². The van der Waals surface area contributed by atoms with Gasteiger partial charge in [-0.15, -0.1) is 0 Å². The molecule has 1 aliphatic heterocycles. The molecule has 0 radical (unpaired) electrons. The summed E-state index contributed by atoms with van der Waals surface area (Å²) >= 11 is 0. The van der Waals surface area contributed by atoms with E-state index in [9.17, 15) is 9.65 Å². The SMILES string of the molecule is CN1CCN(c2c(N)cc(C#N)n2Cc2ccccc2F)CC1. The summed E-state index contributed by atoms with van der Waals surface area (Å²) in [4.78, 5) is 4.43. The Bertz CT molecular complexity index is 738. The molecule has 1 aliphatic rings. The van der Waals surface area contributed by atoms with Gasteiger partial charge < -0.3 is 20.1 Å². The van der Waals surface area contributed by atoms with Crippen LogP contribution in [0, 0.1) is 17.1 Å². The van der Waals surface area contributed by atoms with Crippen LogP contribution in [0.25, 0.3) is 0 Å². The molecule has 2 heterocycles. The number of aromatic nitrogens is 1. The van der Waals surface area contributed by atoms with E-state index >= 15 is 0 Å². The van der Waals surface area contributed by atoms with E-state index in [2.05, 4.69) is 22.9 Å². The average molecular weight is 313 g/mol. The molecule has 2 N–H and O–H groups in total. The highest BCUT2D eigenvalue weighted by Crippen LogP contribution is 2.30. The molecular formula is C17H20FN5. The standard InChI is InChI=1S/C17H20FN5/c1-21-6-8-22(9-7-21)17-16(20)10-14(11-19)23(17)12-13-4-2-3-5-15(13)18/h2-5,10H,6-9,12,20H2,1H3. The topological polar surface area (TPSA) is 61.2 Å². The molecule has 2 aromatic rings. The van der Waals surface area contributed by atoms with Crippen LogP contribution in [0.3, 0.4) is 0 Å². The van der Waals surface area contributed by atoms with Gasteiger partial charge in [-0.25, -0.2) is 4.39 Å². The zero-order valence-electron chi connectivity index (χ0n) is 13.2. The number of likely N-dealkylation sites (N-methyl/N-ethyl adjacent to an activating group) is 1. The number of nitrogens with two attached hydrogens (primary N) is 1. The van der Waals surface area contributed by atoms with Crippen molar-refractivity contribution in [3.05, 3.63) is 47.4 Å². The molecule has 23 heavy (non-hydrogen) atoms. The molecule has 1 aromatic heterocycles. The Morgan fingerprint density at radius 3 is 2.57 bits per heavy atom. The number of anilines is 2. The van der Waals surface area contributed by atoms with Gasteiger partial charge in [-0.2, -0.15) is 5.26 Å². The van der Waals surface area contributed by atoms with Gasteiger partial charge in [0.25, 0.3) is 0 Å². The van der Waals surface area contributed by atoms with Crippen LogP contribution in [0.1, 0.15) is 11.3 Å². The van der Waals surface area contributed by atoms with Crippen molar-refractivity contribution < 1.29 is 4.39 Å². The van der Waals surface area contributed by atoms with Crippen molar-refractivity contribution in [2.75, 3.05) is 43.9 Å². The van der Waals surface area contributed by atoms with E-state index in [0.29, 0.717) is 23.5 Å². The maximum atomic E-state index is 14.0. The first-order valence-corrected chi connectivity index (χ1v) is 7.66. The minimum absolute atomic E-state index is 0.270. The Balaban J connectivity index is 1.98. The molecule has 0 unspecified atom stereocenters. The summed E-state index contributed by atoms with van der Waals surface area (Å²) in [5, 5.41) is 9.40. The van der Waals surface area contributed by atoms with Crippen LogP contribution in [0.5, 0.6) is 0 Å². The molecule has 1 fully saturated rings. The minimum atomic E-state index is -0.270. The summed E-state index contributed by atoms with van der Waals surface area (Å²) in [5.74, 6) is 0.547. The Morgan fingerprint density at radius 2 is 1.91 bits per heavy atom. The van der Waals surface area contributed by atoms with Crippen molar-refractivity contribution in [2.45, 2.75) is 6.54 Å². The number of hydrogen-bond acceptors (Lipinski definition) is 4. The minimum Gasteiger partial charge on any atom is -0.396 e. The lowest BCUT2D eigenvalue weighted by Crippen LogP contribution is -2.45. The predicted octanol–water partition coefficient (Wildman–Crippen LogP) is 1.88. The molecule has 0 bridgehead atoms. The normalized spacial score (nSPS) is 15.6. The molecule has 0 aliphatic carbocycles. The molecule has 0 amide bonds. The van der Waals surface area contributed by atoms with Crippen LogP contribution >= 0.6 is 0 Å². The van der Waals surface area contributed by atoms with Gasteiger partial charge in [0.15, 0.2) is 0 Å². The third-order valence-electron chi connectivity index (χ3n) is 4.30. The molecular weight excluding hydrogens is 293 g/mol. The first kappa shape index (κ1) is 15.4.